The smallest absolute Gasteiger partial charge is 0.476 e. The van der Waals surface area contributed by atoms with E-state index in [0.717, 1.165) is 0 Å². The van der Waals surface area contributed by atoms with Crippen LogP contribution >= 0.6 is 11.8 Å². The van der Waals surface area contributed by atoms with Crippen LogP contribution in [0.4, 0.5) is 0 Å². The first kappa shape index (κ1) is 21.4. The number of hydrogen-bond acceptors (Lipinski definition) is 7. The minimum atomic E-state index is -1.16. The summed E-state index contributed by atoms with van der Waals surface area (Å²) < 4.78 is 12.1. The van der Waals surface area contributed by atoms with Crippen LogP contribution < -0.4 is 5.32 Å². The molecule has 1 aliphatic heterocycles. The molecule has 2 rings (SSSR count). The molecule has 0 radical (unpaired) electrons. The number of nitrogens with one attached hydrogen (secondary N) is 1. The van der Waals surface area contributed by atoms with E-state index in [2.05, 4.69) is 15.3 Å². The molecular weight excluding hydrogens is 369 g/mol. The van der Waals surface area contributed by atoms with E-state index < -0.39 is 24.3 Å². The normalized spacial score (nSPS) is 18.4. The van der Waals surface area contributed by atoms with E-state index in [1.807, 2.05) is 27.7 Å². The lowest BCUT2D eigenvalue weighted by Gasteiger charge is -2.32. The third kappa shape index (κ3) is 4.88. The molecule has 0 bridgehead atoms. The molecule has 0 atom stereocenters. The van der Waals surface area contributed by atoms with Crippen LogP contribution in [-0.4, -0.2) is 58.1 Å². The van der Waals surface area contributed by atoms with Crippen molar-refractivity contribution in [2.24, 2.45) is 0 Å². The van der Waals surface area contributed by atoms with Gasteiger partial charge in [0, 0.05) is 25.2 Å². The second-order valence-electron chi connectivity index (χ2n) is 7.18. The zero-order valence-corrected chi connectivity index (χ0v) is 17.1. The van der Waals surface area contributed by atoms with Crippen molar-refractivity contribution in [2.45, 2.75) is 51.0 Å². The second kappa shape index (κ2) is 7.99. The van der Waals surface area contributed by atoms with E-state index >= 15 is 0 Å². The minimum Gasteiger partial charge on any atom is -0.476 e. The summed E-state index contributed by atoms with van der Waals surface area (Å²) in [6.07, 6.45) is 4.82. The molecule has 1 aliphatic rings. The van der Waals surface area contributed by atoms with Gasteiger partial charge in [0.05, 0.1) is 11.2 Å². The fourth-order valence-corrected chi connectivity index (χ4v) is 2.71. The lowest BCUT2D eigenvalue weighted by molar-refractivity contribution is -0.118. The molecule has 0 spiro atoms. The first-order valence-electron chi connectivity index (χ1n) is 8.41. The summed E-state index contributed by atoms with van der Waals surface area (Å²) in [5.74, 6) is -1.38. The average molecular weight is 393 g/mol. The molecule has 10 heteroatoms. The van der Waals surface area contributed by atoms with Gasteiger partial charge in [0.15, 0.2) is 10.9 Å². The molecule has 0 unspecified atom stereocenters. The maximum Gasteiger partial charge on any atom is 0.492 e. The summed E-state index contributed by atoms with van der Waals surface area (Å²) in [7, 11) is -0.733. The summed E-state index contributed by atoms with van der Waals surface area (Å²) in [6.45, 7) is 9.23. The fraction of sp³-hybridized carbons (Fsp3) is 0.529. The number of rotatable bonds is 6. The summed E-state index contributed by atoms with van der Waals surface area (Å²) in [5.41, 5.74) is -0.364. The number of thioether (sulfide) groups is 1. The van der Waals surface area contributed by atoms with Crippen molar-refractivity contribution in [3.05, 3.63) is 22.9 Å². The monoisotopic (exact) mass is 393 g/mol. The number of carboxylic acids is 1. The van der Waals surface area contributed by atoms with Crippen LogP contribution in [0.5, 0.6) is 0 Å². The number of nitrogens with zero attached hydrogens (tertiary/aromatic N) is 2. The Morgan fingerprint density at radius 1 is 1.30 bits per heavy atom. The number of amides is 1. The van der Waals surface area contributed by atoms with Crippen LogP contribution in [0.1, 0.15) is 50.7 Å². The summed E-state index contributed by atoms with van der Waals surface area (Å²) >= 11 is 1.25. The van der Waals surface area contributed by atoms with E-state index in [0.29, 0.717) is 16.2 Å². The number of carbonyl (C=O) groups excluding carboxylic acids is 1. The van der Waals surface area contributed by atoms with Crippen molar-refractivity contribution >= 4 is 36.8 Å². The van der Waals surface area contributed by atoms with Crippen LogP contribution in [0.3, 0.4) is 0 Å². The topological polar surface area (TPSA) is 111 Å². The molecule has 1 aromatic rings. The SMILES string of the molecule is CSc1ncc(C=C(CNC(C)=O)B2OC(C)(C)C(C)(C)O2)c(C(=O)O)n1. The molecule has 1 saturated heterocycles. The Bertz CT molecular complexity index is 766. The van der Waals surface area contributed by atoms with Gasteiger partial charge in [-0.3, -0.25) is 4.79 Å². The molecule has 2 heterocycles. The average Bonchev–Trinajstić information content (AvgIpc) is 2.78. The van der Waals surface area contributed by atoms with Gasteiger partial charge in [-0.1, -0.05) is 17.8 Å². The van der Waals surface area contributed by atoms with E-state index in [-0.39, 0.29) is 18.1 Å². The van der Waals surface area contributed by atoms with Gasteiger partial charge in [0.25, 0.3) is 0 Å². The summed E-state index contributed by atoms with van der Waals surface area (Å²) in [6, 6.07) is 0. The van der Waals surface area contributed by atoms with Crippen LogP contribution in [0, 0.1) is 0 Å². The highest BCUT2D eigenvalue weighted by Crippen LogP contribution is 2.38. The predicted octanol–water partition coefficient (Wildman–Crippen LogP) is 2.05. The number of aromatic carboxylic acids is 1. The molecular formula is C17H24BN3O5S. The molecule has 146 valence electrons. The fourth-order valence-electron chi connectivity index (χ4n) is 2.37. The largest absolute Gasteiger partial charge is 0.492 e. The van der Waals surface area contributed by atoms with Crippen molar-refractivity contribution < 1.29 is 24.0 Å². The molecule has 0 saturated carbocycles. The molecule has 1 fully saturated rings. The number of carboxylic acid groups (broad SMARTS) is 1. The van der Waals surface area contributed by atoms with Gasteiger partial charge in [-0.2, -0.15) is 0 Å². The van der Waals surface area contributed by atoms with E-state index in [9.17, 15) is 14.7 Å². The molecule has 1 aromatic heterocycles. The Morgan fingerprint density at radius 3 is 2.37 bits per heavy atom. The highest BCUT2D eigenvalue weighted by atomic mass is 32.2. The standard InChI is InChI=1S/C17H24BN3O5S/c1-10(22)19-9-12(18-25-16(2,3)17(4,5)26-18)7-11-8-20-15(27-6)21-13(11)14(23)24/h7-8H,9H2,1-6H3,(H,19,22)(H,23,24). The zero-order chi connectivity index (χ0) is 20.4. The van der Waals surface area contributed by atoms with Crippen LogP contribution in [-0.2, 0) is 14.1 Å². The van der Waals surface area contributed by atoms with Gasteiger partial charge < -0.3 is 19.7 Å². The molecule has 0 aliphatic carbocycles. The van der Waals surface area contributed by atoms with Crippen LogP contribution in [0.15, 0.2) is 16.8 Å². The van der Waals surface area contributed by atoms with Crippen LogP contribution in [0.25, 0.3) is 6.08 Å². The quantitative estimate of drug-likeness (QED) is 0.429. The maximum absolute atomic E-state index is 11.6. The Morgan fingerprint density at radius 2 is 1.89 bits per heavy atom. The first-order valence-corrected chi connectivity index (χ1v) is 9.64. The summed E-state index contributed by atoms with van der Waals surface area (Å²) in [5, 5.41) is 12.6. The van der Waals surface area contributed by atoms with Gasteiger partial charge in [0.2, 0.25) is 5.91 Å². The second-order valence-corrected chi connectivity index (χ2v) is 7.96. The molecule has 2 N–H and O–H groups in total. The molecule has 8 nitrogen and oxygen atoms in total. The van der Waals surface area contributed by atoms with E-state index in [4.69, 9.17) is 9.31 Å². The van der Waals surface area contributed by atoms with Gasteiger partial charge >= 0.3 is 13.1 Å². The summed E-state index contributed by atoms with van der Waals surface area (Å²) in [4.78, 5) is 31.2. The van der Waals surface area contributed by atoms with Crippen molar-refractivity contribution in [1.29, 1.82) is 0 Å². The minimum absolute atomic E-state index is 0.119. The third-order valence-corrected chi connectivity index (χ3v) is 5.18. The number of hydrogen-bond donors (Lipinski definition) is 2. The first-order chi connectivity index (χ1) is 12.5. The highest BCUT2D eigenvalue weighted by molar-refractivity contribution is 7.98. The molecule has 27 heavy (non-hydrogen) atoms. The Balaban J connectivity index is 2.46. The van der Waals surface area contributed by atoms with E-state index in [1.165, 1.54) is 24.9 Å². The number of aromatic nitrogens is 2. The Hall–Kier alpha value is -1.91. The van der Waals surface area contributed by atoms with Crippen LogP contribution in [0.2, 0.25) is 0 Å². The highest BCUT2D eigenvalue weighted by Gasteiger charge is 2.52. The molecule has 0 aromatic carbocycles. The predicted molar refractivity (Wildman–Crippen MR) is 104 cm³/mol. The third-order valence-electron chi connectivity index (χ3n) is 4.62. The van der Waals surface area contributed by atoms with Gasteiger partial charge in [-0.15, -0.1) is 0 Å². The zero-order valence-electron chi connectivity index (χ0n) is 16.3. The van der Waals surface area contributed by atoms with Gasteiger partial charge in [-0.25, -0.2) is 14.8 Å². The maximum atomic E-state index is 11.6. The van der Waals surface area contributed by atoms with E-state index in [1.54, 1.807) is 12.3 Å². The van der Waals surface area contributed by atoms with Crippen molar-refractivity contribution in [3.63, 3.8) is 0 Å². The number of carbonyl (C=O) groups is 2. The van der Waals surface area contributed by atoms with Crippen molar-refractivity contribution in [2.75, 3.05) is 12.8 Å². The Labute approximate surface area is 163 Å². The Kier molecular flexibility index (Phi) is 6.33. The van der Waals surface area contributed by atoms with Gasteiger partial charge in [0.1, 0.15) is 0 Å². The van der Waals surface area contributed by atoms with Gasteiger partial charge in [-0.05, 0) is 39.4 Å². The lowest BCUT2D eigenvalue weighted by atomic mass is 9.77. The van der Waals surface area contributed by atoms with Crippen molar-refractivity contribution in [3.8, 4) is 0 Å². The lowest BCUT2D eigenvalue weighted by Crippen LogP contribution is -2.41. The van der Waals surface area contributed by atoms with Crippen molar-refractivity contribution in [1.82, 2.24) is 15.3 Å². The molecule has 1 amide bonds.